The average Bonchev–Trinajstić information content (AvgIpc) is 2.43. The zero-order valence-corrected chi connectivity index (χ0v) is 11.1. The van der Waals surface area contributed by atoms with Crippen LogP contribution in [-0.4, -0.2) is 41.6 Å². The van der Waals surface area contributed by atoms with Crippen molar-refractivity contribution in [1.82, 2.24) is 0 Å². The average molecular weight is 244 g/mol. The summed E-state index contributed by atoms with van der Waals surface area (Å²) in [6.07, 6.45) is 0. The molecule has 0 spiro atoms. The summed E-state index contributed by atoms with van der Waals surface area (Å²) < 4.78 is 0. The molecule has 0 saturated heterocycles. The Balaban J connectivity index is 4.44. The van der Waals surface area contributed by atoms with Gasteiger partial charge in [0.2, 0.25) is 0 Å². The molecule has 0 aliphatic rings. The minimum absolute atomic E-state index is 0.529. The minimum Gasteiger partial charge on any atom is -0.284 e. The third-order valence-corrected chi connectivity index (χ3v) is 2.56. The van der Waals surface area contributed by atoms with Crippen molar-refractivity contribution < 1.29 is 0 Å². The van der Waals surface area contributed by atoms with Crippen LogP contribution in [0.15, 0.2) is 30.0 Å². The Morgan fingerprint density at radius 2 is 0.833 bits per heavy atom. The normalized spacial score (nSPS) is 15.3. The summed E-state index contributed by atoms with van der Waals surface area (Å²) in [5.41, 5.74) is 1.06. The van der Waals surface area contributed by atoms with Crippen LogP contribution in [0.25, 0.3) is 0 Å². The molecule has 0 radical (unpaired) electrons. The van der Waals surface area contributed by atoms with E-state index in [9.17, 15) is 0 Å². The van der Waals surface area contributed by atoms with Crippen molar-refractivity contribution in [2.75, 3.05) is 28.2 Å². The molecule has 0 atom stereocenters. The Hall–Kier alpha value is -2.24. The van der Waals surface area contributed by atoms with Crippen LogP contribution in [0.3, 0.4) is 0 Å². The fourth-order valence-corrected chi connectivity index (χ4v) is 1.82. The number of hydrogen-bond donors (Lipinski definition) is 0. The minimum atomic E-state index is 0.529. The first-order valence-electron chi connectivity index (χ1n) is 5.26. The van der Waals surface area contributed by atoms with Crippen molar-refractivity contribution in [3.8, 4) is 0 Å². The molecule has 0 fully saturated rings. The molecule has 1 aromatic carbocycles. The van der Waals surface area contributed by atoms with Crippen molar-refractivity contribution in [2.45, 2.75) is 0 Å². The van der Waals surface area contributed by atoms with Crippen LogP contribution in [-0.2, 0) is 0 Å². The fraction of sp³-hybridized carbons (Fsp3) is 0.333. The predicted octanol–water partition coefficient (Wildman–Crippen LogP) is -0.652. The van der Waals surface area contributed by atoms with Gasteiger partial charge in [-0.2, -0.15) is 0 Å². The van der Waals surface area contributed by atoms with Crippen molar-refractivity contribution >= 4 is 24.8 Å². The van der Waals surface area contributed by atoms with Gasteiger partial charge in [0.25, 0.3) is 0 Å². The smallest absolute Gasteiger partial charge is 0.118 e. The molecule has 1 aromatic rings. The number of hydrogen-bond acceptors (Lipinski definition) is 6. The zero-order valence-electron chi connectivity index (χ0n) is 11.1. The number of rotatable bonds is 2. The first-order valence-corrected chi connectivity index (χ1v) is 5.26. The summed E-state index contributed by atoms with van der Waals surface area (Å²) in [4.78, 5) is 24.7. The highest BCUT2D eigenvalue weighted by molar-refractivity contribution is 5.65. The van der Waals surface area contributed by atoms with Gasteiger partial charge in [0.1, 0.15) is 32.8 Å². The van der Waals surface area contributed by atoms with E-state index in [0.29, 0.717) is 32.8 Å². The molecule has 18 heavy (non-hydrogen) atoms. The maximum Gasteiger partial charge on any atom is 0.118 e. The fourth-order valence-electron chi connectivity index (χ4n) is 1.82. The Bertz CT molecular complexity index is 652. The van der Waals surface area contributed by atoms with E-state index in [2.05, 4.69) is 43.4 Å². The van der Waals surface area contributed by atoms with Gasteiger partial charge in [0, 0.05) is 28.2 Å². The van der Waals surface area contributed by atoms with E-state index in [-0.39, 0.29) is 0 Å². The van der Waals surface area contributed by atoms with E-state index in [0.717, 1.165) is 0 Å². The lowest BCUT2D eigenvalue weighted by Gasteiger charge is -2.02. The lowest BCUT2D eigenvalue weighted by molar-refractivity contribution is 1.04. The van der Waals surface area contributed by atoms with E-state index in [1.165, 1.54) is 0 Å². The van der Waals surface area contributed by atoms with Gasteiger partial charge in [-0.1, -0.05) is 0 Å². The van der Waals surface area contributed by atoms with E-state index in [4.69, 9.17) is 0 Å². The van der Waals surface area contributed by atoms with Crippen LogP contribution in [0.4, 0.5) is 11.4 Å². The topological polar surface area (TPSA) is 74.2 Å². The van der Waals surface area contributed by atoms with Gasteiger partial charge in [-0.25, -0.2) is 0 Å². The lowest BCUT2D eigenvalue weighted by atomic mass is 10.2. The van der Waals surface area contributed by atoms with E-state index in [1.54, 1.807) is 28.2 Å². The van der Waals surface area contributed by atoms with Crippen molar-refractivity contribution in [2.24, 2.45) is 30.0 Å². The van der Waals surface area contributed by atoms with Gasteiger partial charge < -0.3 is 0 Å². The van der Waals surface area contributed by atoms with Crippen LogP contribution in [0.5, 0.6) is 0 Å². The molecule has 1 rings (SSSR count). The van der Waals surface area contributed by atoms with Gasteiger partial charge in [0.15, 0.2) is 0 Å². The molecule has 0 aliphatic carbocycles. The van der Waals surface area contributed by atoms with Gasteiger partial charge in [-0.05, 0) is 13.4 Å². The highest BCUT2D eigenvalue weighted by atomic mass is 14.9. The highest BCUT2D eigenvalue weighted by Gasteiger charge is 2.10. The number of aliphatic imine (C=N–C) groups is 2. The van der Waals surface area contributed by atoms with Gasteiger partial charge in [-0.15, -0.1) is 0 Å². The number of benzene rings is 1. The summed E-state index contributed by atoms with van der Waals surface area (Å²) in [7, 11) is 6.67. The molecule has 6 nitrogen and oxygen atoms in total. The van der Waals surface area contributed by atoms with Crippen molar-refractivity contribution in [3.05, 3.63) is 21.4 Å². The third kappa shape index (κ3) is 1.97. The number of nitrogens with zero attached hydrogens (tertiary/aromatic N) is 6. The summed E-state index contributed by atoms with van der Waals surface area (Å²) >= 11 is 0. The second-order valence-corrected chi connectivity index (χ2v) is 3.30. The van der Waals surface area contributed by atoms with Crippen LogP contribution in [0.2, 0.25) is 0 Å². The van der Waals surface area contributed by atoms with Crippen molar-refractivity contribution in [1.29, 1.82) is 0 Å². The highest BCUT2D eigenvalue weighted by Crippen LogP contribution is 2.15. The predicted molar refractivity (Wildman–Crippen MR) is 73.2 cm³/mol. The van der Waals surface area contributed by atoms with E-state index < -0.39 is 0 Å². The van der Waals surface area contributed by atoms with E-state index in [1.807, 2.05) is 0 Å². The van der Waals surface area contributed by atoms with Crippen LogP contribution in [0, 0.1) is 0 Å². The SMILES string of the molecule is C=Nc1c(N=C)c(=N/C)/c(=N\C)c(=NC)/c1=N\C. The molecule has 0 aliphatic heterocycles. The van der Waals surface area contributed by atoms with Gasteiger partial charge >= 0.3 is 0 Å². The van der Waals surface area contributed by atoms with Crippen LogP contribution in [0.1, 0.15) is 0 Å². The molecule has 0 N–H and O–H groups in total. The Morgan fingerprint density at radius 3 is 1.00 bits per heavy atom. The summed E-state index contributed by atoms with van der Waals surface area (Å²) in [5.74, 6) is 0. The maximum absolute atomic E-state index is 4.21. The summed E-state index contributed by atoms with van der Waals surface area (Å²) in [6, 6.07) is 0. The Kier molecular flexibility index (Phi) is 4.53. The molecule has 0 heterocycles. The van der Waals surface area contributed by atoms with Gasteiger partial charge in [0.05, 0.1) is 0 Å². The summed E-state index contributed by atoms with van der Waals surface area (Å²) in [5, 5.41) is 2.47. The maximum atomic E-state index is 4.21. The molecule has 0 unspecified atom stereocenters. The van der Waals surface area contributed by atoms with Gasteiger partial charge in [-0.3, -0.25) is 30.0 Å². The largest absolute Gasteiger partial charge is 0.284 e. The van der Waals surface area contributed by atoms with Crippen LogP contribution >= 0.6 is 0 Å². The first-order chi connectivity index (χ1) is 8.69. The quantitative estimate of drug-likeness (QED) is 0.620. The molecule has 0 aromatic heterocycles. The molecular formula is C12H16N6. The Labute approximate surface area is 105 Å². The first kappa shape index (κ1) is 13.8. The molecule has 0 amide bonds. The molecule has 0 saturated carbocycles. The molecule has 94 valence electrons. The summed E-state index contributed by atoms with van der Waals surface area (Å²) in [6.45, 7) is 7.09. The second-order valence-electron chi connectivity index (χ2n) is 3.30. The molecular weight excluding hydrogens is 228 g/mol. The molecule has 6 heteroatoms. The monoisotopic (exact) mass is 244 g/mol. The van der Waals surface area contributed by atoms with E-state index >= 15 is 0 Å². The lowest BCUT2D eigenvalue weighted by Crippen LogP contribution is -2.49. The standard InChI is InChI=1S/C12H16N6/c1-13-7-8(14-2)10(16-4)12(18-6)11(17-5)9(7)15-3/h1-2H2,3-6H3/b15-9-,16-10-,17-11+,18-12?. The zero-order chi connectivity index (χ0) is 13.7. The van der Waals surface area contributed by atoms with Crippen molar-refractivity contribution in [3.63, 3.8) is 0 Å². The third-order valence-electron chi connectivity index (χ3n) is 2.56. The molecule has 0 bridgehead atoms. The second kappa shape index (κ2) is 5.90. The Morgan fingerprint density at radius 1 is 0.556 bits per heavy atom. The van der Waals surface area contributed by atoms with Crippen LogP contribution < -0.4 is 21.4 Å².